The Kier molecular flexibility index (Phi) is 3.79. The van der Waals surface area contributed by atoms with Crippen molar-refractivity contribution in [3.05, 3.63) is 58.9 Å². The normalized spacial score (nSPS) is 10.1. The molecular formula is C13H11ClN2O2. The fraction of sp³-hybridized carbons (Fsp3) is 0.0769. The minimum Gasteiger partial charge on any atom is -0.477 e. The molecule has 0 saturated heterocycles. The highest BCUT2D eigenvalue weighted by atomic mass is 35.5. The molecule has 18 heavy (non-hydrogen) atoms. The number of nitrogens with one attached hydrogen (secondary N) is 1. The van der Waals surface area contributed by atoms with Gasteiger partial charge >= 0.3 is 5.97 Å². The van der Waals surface area contributed by atoms with Crippen molar-refractivity contribution < 1.29 is 9.90 Å². The molecule has 0 saturated carbocycles. The molecule has 0 aliphatic rings. The molecule has 0 bridgehead atoms. The second-order valence-corrected chi connectivity index (χ2v) is 4.12. The van der Waals surface area contributed by atoms with Gasteiger partial charge in [0.15, 0.2) is 0 Å². The number of aromatic carboxylic acids is 1. The highest BCUT2D eigenvalue weighted by Gasteiger charge is 2.04. The van der Waals surface area contributed by atoms with Gasteiger partial charge in [-0.25, -0.2) is 9.78 Å². The topological polar surface area (TPSA) is 62.2 Å². The second kappa shape index (κ2) is 5.51. The van der Waals surface area contributed by atoms with Crippen molar-refractivity contribution in [3.63, 3.8) is 0 Å². The van der Waals surface area contributed by atoms with Gasteiger partial charge in [-0.2, -0.15) is 0 Å². The lowest BCUT2D eigenvalue weighted by Gasteiger charge is -2.06. The highest BCUT2D eigenvalue weighted by Crippen LogP contribution is 2.15. The average molecular weight is 263 g/mol. The Labute approximate surface area is 109 Å². The predicted octanol–water partition coefficient (Wildman–Crippen LogP) is 3.05. The number of nitrogens with zero attached hydrogens (tertiary/aromatic N) is 1. The van der Waals surface area contributed by atoms with Gasteiger partial charge in [0.2, 0.25) is 0 Å². The molecule has 4 nitrogen and oxygen atoms in total. The molecule has 92 valence electrons. The largest absolute Gasteiger partial charge is 0.477 e. The van der Waals surface area contributed by atoms with Crippen molar-refractivity contribution in [3.8, 4) is 0 Å². The number of pyridine rings is 1. The van der Waals surface area contributed by atoms with Crippen LogP contribution in [0.5, 0.6) is 0 Å². The molecule has 1 aromatic heterocycles. The third-order valence-electron chi connectivity index (χ3n) is 2.32. The van der Waals surface area contributed by atoms with Gasteiger partial charge < -0.3 is 10.4 Å². The summed E-state index contributed by atoms with van der Waals surface area (Å²) < 4.78 is 0. The highest BCUT2D eigenvalue weighted by molar-refractivity contribution is 6.30. The number of aromatic nitrogens is 1. The van der Waals surface area contributed by atoms with E-state index in [1.807, 2.05) is 12.1 Å². The van der Waals surface area contributed by atoms with E-state index in [-0.39, 0.29) is 5.69 Å². The third kappa shape index (κ3) is 3.21. The van der Waals surface area contributed by atoms with Gasteiger partial charge in [-0.1, -0.05) is 23.7 Å². The van der Waals surface area contributed by atoms with Gasteiger partial charge in [0, 0.05) is 10.7 Å². The number of hydrogen-bond acceptors (Lipinski definition) is 3. The number of benzene rings is 1. The predicted molar refractivity (Wildman–Crippen MR) is 70.0 cm³/mol. The number of carboxylic acid groups (broad SMARTS) is 1. The van der Waals surface area contributed by atoms with Gasteiger partial charge in [-0.05, 0) is 30.3 Å². The molecule has 2 N–H and O–H groups in total. The summed E-state index contributed by atoms with van der Waals surface area (Å²) in [5.41, 5.74) is 1.57. The Morgan fingerprint density at radius 2 is 2.06 bits per heavy atom. The number of carbonyl (C=O) groups is 1. The van der Waals surface area contributed by atoms with Gasteiger partial charge in [0.1, 0.15) is 5.69 Å². The standard InChI is InChI=1S/C13H11ClN2O2/c14-9-3-1-4-10(7-9)15-8-11-5-2-6-12(16-11)13(17)18/h1-7,15H,8H2,(H,17,18). The maximum absolute atomic E-state index is 10.8. The minimum absolute atomic E-state index is 0.0420. The van der Waals surface area contributed by atoms with E-state index in [0.29, 0.717) is 17.3 Å². The number of rotatable bonds is 4. The van der Waals surface area contributed by atoms with Crippen molar-refractivity contribution in [1.82, 2.24) is 4.98 Å². The first-order valence-corrected chi connectivity index (χ1v) is 5.71. The summed E-state index contributed by atoms with van der Waals surface area (Å²) >= 11 is 5.86. The maximum atomic E-state index is 10.8. The van der Waals surface area contributed by atoms with Crippen LogP contribution in [0.1, 0.15) is 16.2 Å². The quantitative estimate of drug-likeness (QED) is 0.889. The van der Waals surface area contributed by atoms with Gasteiger partial charge in [-0.3, -0.25) is 0 Å². The third-order valence-corrected chi connectivity index (χ3v) is 2.56. The molecule has 2 rings (SSSR count). The molecule has 1 aromatic carbocycles. The Hall–Kier alpha value is -2.07. The monoisotopic (exact) mass is 262 g/mol. The number of carboxylic acids is 1. The summed E-state index contributed by atoms with van der Waals surface area (Å²) in [6.07, 6.45) is 0. The van der Waals surface area contributed by atoms with Gasteiger partial charge in [-0.15, -0.1) is 0 Å². The van der Waals surface area contributed by atoms with Crippen molar-refractivity contribution >= 4 is 23.3 Å². The maximum Gasteiger partial charge on any atom is 0.354 e. The number of anilines is 1. The van der Waals surface area contributed by atoms with Crippen LogP contribution < -0.4 is 5.32 Å². The fourth-order valence-corrected chi connectivity index (χ4v) is 1.68. The molecule has 1 heterocycles. The van der Waals surface area contributed by atoms with Crippen LogP contribution in [0.3, 0.4) is 0 Å². The van der Waals surface area contributed by atoms with Crippen molar-refractivity contribution in [2.45, 2.75) is 6.54 Å². The smallest absolute Gasteiger partial charge is 0.354 e. The van der Waals surface area contributed by atoms with Crippen LogP contribution >= 0.6 is 11.6 Å². The van der Waals surface area contributed by atoms with E-state index in [0.717, 1.165) is 5.69 Å². The molecule has 0 fully saturated rings. The SMILES string of the molecule is O=C(O)c1cccc(CNc2cccc(Cl)c2)n1. The van der Waals surface area contributed by atoms with Crippen LogP contribution in [0.4, 0.5) is 5.69 Å². The van der Waals surface area contributed by atoms with Crippen LogP contribution in [-0.2, 0) is 6.54 Å². The van der Waals surface area contributed by atoms with Crippen LogP contribution in [0, 0.1) is 0 Å². The summed E-state index contributed by atoms with van der Waals surface area (Å²) in [4.78, 5) is 14.8. The van der Waals surface area contributed by atoms with Crippen LogP contribution in [0.15, 0.2) is 42.5 Å². The van der Waals surface area contributed by atoms with E-state index in [9.17, 15) is 4.79 Å². The summed E-state index contributed by atoms with van der Waals surface area (Å²) in [7, 11) is 0. The number of halogens is 1. The molecule has 0 amide bonds. The summed E-state index contributed by atoms with van der Waals surface area (Å²) in [5.74, 6) is -1.03. The molecule has 0 spiro atoms. The summed E-state index contributed by atoms with van der Waals surface area (Å²) in [6.45, 7) is 0.446. The lowest BCUT2D eigenvalue weighted by atomic mass is 10.2. The van der Waals surface area contributed by atoms with Crippen LogP contribution in [-0.4, -0.2) is 16.1 Å². The van der Waals surface area contributed by atoms with Crippen molar-refractivity contribution in [2.24, 2.45) is 0 Å². The molecular weight excluding hydrogens is 252 g/mol. The molecule has 2 aromatic rings. The Bertz CT molecular complexity index is 572. The minimum atomic E-state index is -1.03. The molecule has 0 unspecified atom stereocenters. The molecule has 0 aliphatic heterocycles. The molecule has 0 aliphatic carbocycles. The van der Waals surface area contributed by atoms with Gasteiger partial charge in [0.25, 0.3) is 0 Å². The lowest BCUT2D eigenvalue weighted by molar-refractivity contribution is 0.0690. The Balaban J connectivity index is 2.06. The zero-order chi connectivity index (χ0) is 13.0. The first kappa shape index (κ1) is 12.4. The summed E-state index contributed by atoms with van der Waals surface area (Å²) in [6, 6.07) is 12.2. The van der Waals surface area contributed by atoms with Crippen LogP contribution in [0.2, 0.25) is 5.02 Å². The number of hydrogen-bond donors (Lipinski definition) is 2. The molecule has 5 heteroatoms. The fourth-order valence-electron chi connectivity index (χ4n) is 1.49. The van der Waals surface area contributed by atoms with E-state index in [1.165, 1.54) is 6.07 Å². The van der Waals surface area contributed by atoms with Crippen LogP contribution in [0.25, 0.3) is 0 Å². The zero-order valence-electron chi connectivity index (χ0n) is 9.43. The Morgan fingerprint density at radius 3 is 2.78 bits per heavy atom. The van der Waals surface area contributed by atoms with E-state index < -0.39 is 5.97 Å². The first-order valence-electron chi connectivity index (χ1n) is 5.34. The zero-order valence-corrected chi connectivity index (χ0v) is 10.2. The van der Waals surface area contributed by atoms with E-state index in [4.69, 9.17) is 16.7 Å². The van der Waals surface area contributed by atoms with Gasteiger partial charge in [0.05, 0.1) is 12.2 Å². The first-order chi connectivity index (χ1) is 8.65. The lowest BCUT2D eigenvalue weighted by Crippen LogP contribution is -2.06. The molecule has 0 radical (unpaired) electrons. The van der Waals surface area contributed by atoms with E-state index in [1.54, 1.807) is 24.3 Å². The van der Waals surface area contributed by atoms with E-state index >= 15 is 0 Å². The average Bonchev–Trinajstić information content (AvgIpc) is 2.37. The van der Waals surface area contributed by atoms with E-state index in [2.05, 4.69) is 10.3 Å². The van der Waals surface area contributed by atoms with Crippen molar-refractivity contribution in [2.75, 3.05) is 5.32 Å². The summed E-state index contributed by atoms with van der Waals surface area (Å²) in [5, 5.41) is 12.6. The second-order valence-electron chi connectivity index (χ2n) is 3.68. The molecule has 0 atom stereocenters. The van der Waals surface area contributed by atoms with Crippen molar-refractivity contribution in [1.29, 1.82) is 0 Å². The Morgan fingerprint density at radius 1 is 1.28 bits per heavy atom.